The first-order valence-electron chi connectivity index (χ1n) is 9.03. The van der Waals surface area contributed by atoms with Gasteiger partial charge < -0.3 is 10.5 Å². The standard InChI is InChI=1S/C22H19N3OS/c1-13-12-27-21-19(13)20(24-22(23)25-21)16-9-14-7-8-18(11-15(14)10-16)26-17-5-3-2-4-6-17/h2-8,11-12,16H,9-10H2,1H3,(H2,23,24,25). The van der Waals surface area contributed by atoms with Crippen LogP contribution in [0.5, 0.6) is 11.5 Å². The van der Waals surface area contributed by atoms with E-state index in [4.69, 9.17) is 10.5 Å². The Balaban J connectivity index is 1.47. The molecule has 0 bridgehead atoms. The summed E-state index contributed by atoms with van der Waals surface area (Å²) in [6, 6.07) is 16.3. The molecular weight excluding hydrogens is 354 g/mol. The summed E-state index contributed by atoms with van der Waals surface area (Å²) in [4.78, 5) is 10.0. The smallest absolute Gasteiger partial charge is 0.221 e. The molecule has 0 spiro atoms. The van der Waals surface area contributed by atoms with Crippen LogP contribution in [0.3, 0.4) is 0 Å². The van der Waals surface area contributed by atoms with E-state index in [1.54, 1.807) is 11.3 Å². The zero-order valence-electron chi connectivity index (χ0n) is 15.0. The highest BCUT2D eigenvalue weighted by atomic mass is 32.1. The molecule has 2 heterocycles. The number of nitrogens with two attached hydrogens (primary N) is 1. The van der Waals surface area contributed by atoms with Crippen LogP contribution in [0.4, 0.5) is 5.95 Å². The average molecular weight is 373 g/mol. The number of nitrogen functional groups attached to an aromatic ring is 1. The molecule has 5 heteroatoms. The van der Waals surface area contributed by atoms with Crippen molar-refractivity contribution in [2.45, 2.75) is 25.7 Å². The number of nitrogens with zero attached hydrogens (tertiary/aromatic N) is 2. The minimum absolute atomic E-state index is 0.327. The number of para-hydroxylation sites is 1. The van der Waals surface area contributed by atoms with Crippen molar-refractivity contribution in [2.24, 2.45) is 0 Å². The highest BCUT2D eigenvalue weighted by Gasteiger charge is 2.27. The highest BCUT2D eigenvalue weighted by molar-refractivity contribution is 7.17. The minimum atomic E-state index is 0.327. The van der Waals surface area contributed by atoms with Crippen molar-refractivity contribution in [1.82, 2.24) is 9.97 Å². The fourth-order valence-electron chi connectivity index (χ4n) is 3.90. The molecule has 0 fully saturated rings. The average Bonchev–Trinajstić information content (AvgIpc) is 3.25. The van der Waals surface area contributed by atoms with Gasteiger partial charge in [0.25, 0.3) is 0 Å². The van der Waals surface area contributed by atoms with Crippen LogP contribution in [0.25, 0.3) is 10.2 Å². The van der Waals surface area contributed by atoms with E-state index in [0.29, 0.717) is 11.9 Å². The van der Waals surface area contributed by atoms with Gasteiger partial charge in [-0.05, 0) is 66.1 Å². The van der Waals surface area contributed by atoms with Gasteiger partial charge in [0.05, 0.1) is 5.69 Å². The van der Waals surface area contributed by atoms with E-state index in [9.17, 15) is 0 Å². The van der Waals surface area contributed by atoms with E-state index >= 15 is 0 Å². The van der Waals surface area contributed by atoms with Gasteiger partial charge in [0.1, 0.15) is 16.3 Å². The quantitative estimate of drug-likeness (QED) is 0.532. The molecular formula is C22H19N3OS. The molecule has 2 aromatic heterocycles. The molecule has 27 heavy (non-hydrogen) atoms. The minimum Gasteiger partial charge on any atom is -0.457 e. The van der Waals surface area contributed by atoms with E-state index in [0.717, 1.165) is 34.9 Å². The van der Waals surface area contributed by atoms with E-state index in [2.05, 4.69) is 34.4 Å². The normalized spacial score (nSPS) is 15.8. The topological polar surface area (TPSA) is 61.0 Å². The van der Waals surface area contributed by atoms with Crippen molar-refractivity contribution in [3.63, 3.8) is 0 Å². The van der Waals surface area contributed by atoms with Crippen molar-refractivity contribution in [3.8, 4) is 11.5 Å². The predicted octanol–water partition coefficient (Wildman–Crippen LogP) is 5.26. The Morgan fingerprint density at radius 1 is 1.00 bits per heavy atom. The molecule has 2 aromatic carbocycles. The van der Waals surface area contributed by atoms with E-state index in [-0.39, 0.29) is 0 Å². The first kappa shape index (κ1) is 16.3. The monoisotopic (exact) mass is 373 g/mol. The Kier molecular flexibility index (Phi) is 3.83. The zero-order valence-corrected chi connectivity index (χ0v) is 15.8. The fourth-order valence-corrected chi connectivity index (χ4v) is 4.84. The third-order valence-electron chi connectivity index (χ3n) is 5.14. The Bertz CT molecular complexity index is 1140. The van der Waals surface area contributed by atoms with Crippen LogP contribution in [0, 0.1) is 6.92 Å². The summed E-state index contributed by atoms with van der Waals surface area (Å²) >= 11 is 1.64. The lowest BCUT2D eigenvalue weighted by Gasteiger charge is -2.11. The molecule has 2 N–H and O–H groups in total. The summed E-state index contributed by atoms with van der Waals surface area (Å²) in [6.07, 6.45) is 1.92. The lowest BCUT2D eigenvalue weighted by atomic mass is 9.98. The fraction of sp³-hybridized carbons (Fsp3) is 0.182. The van der Waals surface area contributed by atoms with Crippen LogP contribution in [0.15, 0.2) is 53.9 Å². The van der Waals surface area contributed by atoms with Crippen LogP contribution in [0.2, 0.25) is 0 Å². The Hall–Kier alpha value is -2.92. The summed E-state index contributed by atoms with van der Waals surface area (Å²) in [7, 11) is 0. The Morgan fingerprint density at radius 2 is 1.81 bits per heavy atom. The van der Waals surface area contributed by atoms with E-state index in [1.165, 1.54) is 22.1 Å². The second kappa shape index (κ2) is 6.35. The summed E-state index contributed by atoms with van der Waals surface area (Å²) in [6.45, 7) is 2.12. The number of hydrogen-bond donors (Lipinski definition) is 1. The number of anilines is 1. The molecule has 0 amide bonds. The SMILES string of the molecule is Cc1csc2nc(N)nc(C3Cc4ccc(Oc5ccccc5)cc4C3)c12. The lowest BCUT2D eigenvalue weighted by molar-refractivity contribution is 0.482. The zero-order chi connectivity index (χ0) is 18.4. The lowest BCUT2D eigenvalue weighted by Crippen LogP contribution is -2.06. The van der Waals surface area contributed by atoms with Gasteiger partial charge >= 0.3 is 0 Å². The van der Waals surface area contributed by atoms with Crippen molar-refractivity contribution in [1.29, 1.82) is 0 Å². The second-order valence-electron chi connectivity index (χ2n) is 7.02. The summed E-state index contributed by atoms with van der Waals surface area (Å²) in [5, 5.41) is 3.31. The number of thiophene rings is 1. The highest BCUT2D eigenvalue weighted by Crippen LogP contribution is 2.40. The molecule has 5 rings (SSSR count). The van der Waals surface area contributed by atoms with Gasteiger partial charge in [0, 0.05) is 11.3 Å². The molecule has 0 radical (unpaired) electrons. The maximum absolute atomic E-state index is 6.00. The van der Waals surface area contributed by atoms with Gasteiger partial charge in [-0.15, -0.1) is 11.3 Å². The van der Waals surface area contributed by atoms with Gasteiger partial charge in [-0.25, -0.2) is 9.97 Å². The predicted molar refractivity (Wildman–Crippen MR) is 110 cm³/mol. The molecule has 4 aromatic rings. The Labute approximate surface area is 161 Å². The number of aromatic nitrogens is 2. The van der Waals surface area contributed by atoms with E-state index < -0.39 is 0 Å². The van der Waals surface area contributed by atoms with Crippen LogP contribution in [-0.4, -0.2) is 9.97 Å². The first-order valence-corrected chi connectivity index (χ1v) is 9.91. The van der Waals surface area contributed by atoms with Gasteiger partial charge in [0.2, 0.25) is 5.95 Å². The molecule has 0 aliphatic heterocycles. The van der Waals surface area contributed by atoms with Crippen LogP contribution in [0.1, 0.15) is 28.3 Å². The summed E-state index contributed by atoms with van der Waals surface area (Å²) in [5.41, 5.74) is 11.0. The van der Waals surface area contributed by atoms with Crippen molar-refractivity contribution in [3.05, 3.63) is 76.3 Å². The number of hydrogen-bond acceptors (Lipinski definition) is 5. The van der Waals surface area contributed by atoms with Gasteiger partial charge in [-0.3, -0.25) is 0 Å². The number of fused-ring (bicyclic) bond motifs is 2. The maximum atomic E-state index is 6.00. The molecule has 0 saturated heterocycles. The van der Waals surface area contributed by atoms with Gasteiger partial charge in [-0.1, -0.05) is 24.3 Å². The van der Waals surface area contributed by atoms with E-state index in [1.807, 2.05) is 36.4 Å². The molecule has 1 atom stereocenters. The largest absolute Gasteiger partial charge is 0.457 e. The van der Waals surface area contributed by atoms with Crippen molar-refractivity contribution in [2.75, 3.05) is 5.73 Å². The molecule has 1 aliphatic carbocycles. The molecule has 4 nitrogen and oxygen atoms in total. The van der Waals surface area contributed by atoms with Crippen LogP contribution < -0.4 is 10.5 Å². The summed E-state index contributed by atoms with van der Waals surface area (Å²) in [5.74, 6) is 2.42. The number of aryl methyl sites for hydroxylation is 1. The third kappa shape index (κ3) is 2.94. The number of ether oxygens (including phenoxy) is 1. The number of benzene rings is 2. The molecule has 134 valence electrons. The van der Waals surface area contributed by atoms with Gasteiger partial charge in [0.15, 0.2) is 0 Å². The molecule has 1 unspecified atom stereocenters. The second-order valence-corrected chi connectivity index (χ2v) is 7.87. The van der Waals surface area contributed by atoms with Crippen molar-refractivity contribution < 1.29 is 4.74 Å². The number of rotatable bonds is 3. The Morgan fingerprint density at radius 3 is 2.67 bits per heavy atom. The third-order valence-corrected chi connectivity index (χ3v) is 6.13. The van der Waals surface area contributed by atoms with Crippen LogP contribution in [-0.2, 0) is 12.8 Å². The maximum Gasteiger partial charge on any atom is 0.221 e. The van der Waals surface area contributed by atoms with Gasteiger partial charge in [-0.2, -0.15) is 0 Å². The summed E-state index contributed by atoms with van der Waals surface area (Å²) < 4.78 is 6.00. The molecule has 1 aliphatic rings. The first-order chi connectivity index (χ1) is 13.2. The van der Waals surface area contributed by atoms with Crippen molar-refractivity contribution >= 4 is 27.5 Å². The molecule has 0 saturated carbocycles. The van der Waals surface area contributed by atoms with Crippen LogP contribution >= 0.6 is 11.3 Å².